The van der Waals surface area contributed by atoms with E-state index in [4.69, 9.17) is 0 Å². The molecule has 0 atom stereocenters. The molecule has 1 aliphatic carbocycles. The van der Waals surface area contributed by atoms with Crippen LogP contribution in [0.5, 0.6) is 0 Å². The Morgan fingerprint density at radius 1 is 1.29 bits per heavy atom. The van der Waals surface area contributed by atoms with Crippen LogP contribution in [0.4, 0.5) is 13.2 Å². The van der Waals surface area contributed by atoms with E-state index in [-0.39, 0.29) is 5.78 Å². The summed E-state index contributed by atoms with van der Waals surface area (Å²) >= 11 is 1.16. The SMILES string of the molecule is CCN(CC)/C(=C\C(=O)c1ccc(C(F)(F)F)cc1SC)C1CC1. The van der Waals surface area contributed by atoms with Crippen molar-refractivity contribution >= 4 is 17.5 Å². The van der Waals surface area contributed by atoms with Crippen molar-refractivity contribution in [1.29, 1.82) is 0 Å². The minimum Gasteiger partial charge on any atom is -0.375 e. The van der Waals surface area contributed by atoms with Crippen molar-refractivity contribution in [3.05, 3.63) is 41.1 Å². The van der Waals surface area contributed by atoms with Gasteiger partial charge in [-0.05, 0) is 57.1 Å². The lowest BCUT2D eigenvalue weighted by Gasteiger charge is -2.24. The van der Waals surface area contributed by atoms with Gasteiger partial charge in [-0.3, -0.25) is 4.79 Å². The molecule has 132 valence electrons. The Bertz CT molecular complexity index is 632. The second-order valence-corrected chi connectivity index (χ2v) is 6.64. The zero-order valence-electron chi connectivity index (χ0n) is 14.1. The van der Waals surface area contributed by atoms with Crippen molar-refractivity contribution in [2.75, 3.05) is 19.3 Å². The number of halogens is 3. The zero-order chi connectivity index (χ0) is 17.9. The maximum Gasteiger partial charge on any atom is 0.416 e. The molecule has 1 aromatic rings. The Morgan fingerprint density at radius 2 is 1.92 bits per heavy atom. The molecular formula is C18H22F3NOS. The number of hydrogen-bond acceptors (Lipinski definition) is 3. The van der Waals surface area contributed by atoms with E-state index in [0.717, 1.165) is 55.5 Å². The monoisotopic (exact) mass is 357 g/mol. The van der Waals surface area contributed by atoms with E-state index in [2.05, 4.69) is 4.90 Å². The molecule has 1 fully saturated rings. The van der Waals surface area contributed by atoms with Gasteiger partial charge in [0.05, 0.1) is 5.56 Å². The third-order valence-corrected chi connectivity index (χ3v) is 4.98. The Balaban J connectivity index is 2.36. The van der Waals surface area contributed by atoms with Gasteiger partial charge in [0, 0.05) is 35.3 Å². The van der Waals surface area contributed by atoms with Gasteiger partial charge in [-0.1, -0.05) is 0 Å². The number of carbonyl (C=O) groups is 1. The van der Waals surface area contributed by atoms with Gasteiger partial charge in [0.15, 0.2) is 5.78 Å². The summed E-state index contributed by atoms with van der Waals surface area (Å²) < 4.78 is 38.5. The van der Waals surface area contributed by atoms with Gasteiger partial charge in [-0.2, -0.15) is 13.2 Å². The van der Waals surface area contributed by atoms with Gasteiger partial charge in [0.2, 0.25) is 0 Å². The molecule has 0 bridgehead atoms. The maximum absolute atomic E-state index is 12.8. The number of thioether (sulfide) groups is 1. The lowest BCUT2D eigenvalue weighted by molar-refractivity contribution is -0.137. The topological polar surface area (TPSA) is 20.3 Å². The van der Waals surface area contributed by atoms with E-state index in [1.54, 1.807) is 12.3 Å². The summed E-state index contributed by atoms with van der Waals surface area (Å²) in [5.74, 6) is 0.183. The van der Waals surface area contributed by atoms with Gasteiger partial charge < -0.3 is 4.90 Å². The van der Waals surface area contributed by atoms with Crippen molar-refractivity contribution in [3.63, 3.8) is 0 Å². The van der Waals surface area contributed by atoms with Crippen LogP contribution in [0.1, 0.15) is 42.6 Å². The summed E-state index contributed by atoms with van der Waals surface area (Å²) in [6, 6.07) is 3.33. The van der Waals surface area contributed by atoms with E-state index in [9.17, 15) is 18.0 Å². The van der Waals surface area contributed by atoms with E-state index in [0.29, 0.717) is 16.4 Å². The number of alkyl halides is 3. The highest BCUT2D eigenvalue weighted by Crippen LogP contribution is 2.39. The van der Waals surface area contributed by atoms with E-state index in [1.165, 1.54) is 6.07 Å². The molecule has 0 heterocycles. The Morgan fingerprint density at radius 3 is 2.38 bits per heavy atom. The third-order valence-electron chi connectivity index (χ3n) is 4.20. The predicted octanol–water partition coefficient (Wildman–Crippen LogP) is 5.25. The summed E-state index contributed by atoms with van der Waals surface area (Å²) in [6.45, 7) is 5.70. The quantitative estimate of drug-likeness (QED) is 0.378. The molecule has 0 N–H and O–H groups in total. The summed E-state index contributed by atoms with van der Waals surface area (Å²) in [4.78, 5) is 15.2. The standard InChI is InChI=1S/C18H22F3NOS/c1-4-22(5-2)15(12-6-7-12)11-16(23)14-9-8-13(18(19,20)21)10-17(14)24-3/h8-12H,4-7H2,1-3H3/b15-11-. The van der Waals surface area contributed by atoms with E-state index >= 15 is 0 Å². The lowest BCUT2D eigenvalue weighted by Crippen LogP contribution is -2.24. The van der Waals surface area contributed by atoms with Crippen LogP contribution >= 0.6 is 11.8 Å². The fraction of sp³-hybridized carbons (Fsp3) is 0.500. The van der Waals surface area contributed by atoms with Gasteiger partial charge in [0.25, 0.3) is 0 Å². The maximum atomic E-state index is 12.8. The molecule has 1 saturated carbocycles. The van der Waals surface area contributed by atoms with Crippen LogP contribution in [-0.2, 0) is 6.18 Å². The van der Waals surface area contributed by atoms with Crippen LogP contribution in [0.15, 0.2) is 34.9 Å². The smallest absolute Gasteiger partial charge is 0.375 e. The molecule has 0 saturated heterocycles. The van der Waals surface area contributed by atoms with Crippen molar-refractivity contribution < 1.29 is 18.0 Å². The van der Waals surface area contributed by atoms with E-state index in [1.807, 2.05) is 13.8 Å². The van der Waals surface area contributed by atoms with Gasteiger partial charge in [0.1, 0.15) is 0 Å². The number of nitrogens with zero attached hydrogens (tertiary/aromatic N) is 1. The van der Waals surface area contributed by atoms with Gasteiger partial charge >= 0.3 is 6.18 Å². The summed E-state index contributed by atoms with van der Waals surface area (Å²) in [6.07, 6.45) is 1.04. The molecule has 0 aliphatic heterocycles. The number of rotatable bonds is 7. The second kappa shape index (κ2) is 7.64. The van der Waals surface area contributed by atoms with Crippen molar-refractivity contribution in [2.24, 2.45) is 5.92 Å². The fourth-order valence-corrected chi connectivity index (χ4v) is 3.35. The molecule has 0 amide bonds. The number of allylic oxidation sites excluding steroid dienone is 2. The molecule has 6 heteroatoms. The van der Waals surface area contributed by atoms with Crippen LogP contribution in [0, 0.1) is 5.92 Å². The van der Waals surface area contributed by atoms with Crippen LogP contribution in [0.3, 0.4) is 0 Å². The molecule has 24 heavy (non-hydrogen) atoms. The van der Waals surface area contributed by atoms with Crippen LogP contribution in [0.25, 0.3) is 0 Å². The van der Waals surface area contributed by atoms with Crippen molar-refractivity contribution in [1.82, 2.24) is 4.90 Å². The molecular weight excluding hydrogens is 335 g/mol. The zero-order valence-corrected chi connectivity index (χ0v) is 14.9. The third kappa shape index (κ3) is 4.35. The number of hydrogen-bond donors (Lipinski definition) is 0. The first-order valence-electron chi connectivity index (χ1n) is 8.07. The molecule has 0 unspecified atom stereocenters. The number of carbonyl (C=O) groups excluding carboxylic acids is 1. The molecule has 2 nitrogen and oxygen atoms in total. The molecule has 1 aromatic carbocycles. The highest BCUT2D eigenvalue weighted by Gasteiger charge is 2.32. The van der Waals surface area contributed by atoms with Crippen molar-refractivity contribution in [3.8, 4) is 0 Å². The molecule has 0 spiro atoms. The summed E-state index contributed by atoms with van der Waals surface area (Å²) in [7, 11) is 0. The molecule has 0 radical (unpaired) electrons. The first-order valence-corrected chi connectivity index (χ1v) is 9.30. The Hall–Kier alpha value is -1.43. The average Bonchev–Trinajstić information content (AvgIpc) is 3.38. The highest BCUT2D eigenvalue weighted by atomic mass is 32.2. The largest absolute Gasteiger partial charge is 0.416 e. The first-order chi connectivity index (χ1) is 11.3. The van der Waals surface area contributed by atoms with Gasteiger partial charge in [-0.15, -0.1) is 11.8 Å². The lowest BCUT2D eigenvalue weighted by atomic mass is 10.1. The number of benzene rings is 1. The van der Waals surface area contributed by atoms with Crippen LogP contribution in [-0.4, -0.2) is 30.0 Å². The average molecular weight is 357 g/mol. The van der Waals surface area contributed by atoms with E-state index < -0.39 is 11.7 Å². The Kier molecular flexibility index (Phi) is 6.01. The summed E-state index contributed by atoms with van der Waals surface area (Å²) in [5, 5.41) is 0. The predicted molar refractivity (Wildman–Crippen MR) is 91.3 cm³/mol. The minimum absolute atomic E-state index is 0.220. The Labute approximate surface area is 145 Å². The summed E-state index contributed by atoms with van der Waals surface area (Å²) in [5.41, 5.74) is 0.622. The molecule has 2 rings (SSSR count). The molecule has 1 aliphatic rings. The first kappa shape index (κ1) is 18.9. The van der Waals surface area contributed by atoms with Crippen LogP contribution in [0.2, 0.25) is 0 Å². The second-order valence-electron chi connectivity index (χ2n) is 5.79. The van der Waals surface area contributed by atoms with Crippen LogP contribution < -0.4 is 0 Å². The highest BCUT2D eigenvalue weighted by molar-refractivity contribution is 7.98. The number of ketones is 1. The van der Waals surface area contributed by atoms with Gasteiger partial charge in [-0.25, -0.2) is 0 Å². The van der Waals surface area contributed by atoms with Crippen molar-refractivity contribution in [2.45, 2.75) is 37.8 Å². The minimum atomic E-state index is -4.40. The normalized spacial score (nSPS) is 15.5. The molecule has 0 aromatic heterocycles. The fourth-order valence-electron chi connectivity index (χ4n) is 2.72.